The standard InChI is InChI=1S/C21H28FN9O/c1-4-5-6-17(12(2)23)29-21-16(22)10-15(19(24)32)20(30-21)28-14-9-18(13(3)25-11-14)31-26-7-8-27-31/h7-12,17H,4-6,23H2,1-3H3,(H2,24,32)(H2,28,29,30)/t12-,17+/m0/s1. The van der Waals surface area contributed by atoms with Crippen LogP contribution in [0.25, 0.3) is 5.69 Å². The first-order valence-corrected chi connectivity index (χ1v) is 10.4. The summed E-state index contributed by atoms with van der Waals surface area (Å²) in [6, 6.07) is 2.41. The van der Waals surface area contributed by atoms with Crippen LogP contribution in [0.4, 0.5) is 21.7 Å². The maximum Gasteiger partial charge on any atom is 0.252 e. The first-order valence-electron chi connectivity index (χ1n) is 10.4. The second-order valence-electron chi connectivity index (χ2n) is 7.60. The molecule has 32 heavy (non-hydrogen) atoms. The Morgan fingerprint density at radius 3 is 2.59 bits per heavy atom. The van der Waals surface area contributed by atoms with E-state index < -0.39 is 11.7 Å². The van der Waals surface area contributed by atoms with Gasteiger partial charge in [-0.05, 0) is 32.4 Å². The van der Waals surface area contributed by atoms with Crippen molar-refractivity contribution in [3.8, 4) is 5.69 Å². The Balaban J connectivity index is 1.96. The van der Waals surface area contributed by atoms with Crippen LogP contribution in [-0.2, 0) is 0 Å². The SMILES string of the molecule is CCCC[C@@H](Nc1nc(Nc2cnc(C)c(-n3nccn3)c2)c(C(N)=O)cc1F)[C@H](C)N. The largest absolute Gasteiger partial charge is 0.365 e. The van der Waals surface area contributed by atoms with Gasteiger partial charge in [0.15, 0.2) is 11.6 Å². The number of carbonyl (C=O) groups is 1. The molecule has 0 aliphatic carbocycles. The third-order valence-electron chi connectivity index (χ3n) is 5.02. The lowest BCUT2D eigenvalue weighted by Crippen LogP contribution is -2.38. The minimum absolute atomic E-state index is 0.00931. The number of nitrogens with two attached hydrogens (primary N) is 2. The van der Waals surface area contributed by atoms with Gasteiger partial charge in [-0.2, -0.15) is 10.2 Å². The molecule has 170 valence electrons. The monoisotopic (exact) mass is 441 g/mol. The minimum atomic E-state index is -0.811. The van der Waals surface area contributed by atoms with Gasteiger partial charge in [0.25, 0.3) is 5.91 Å². The summed E-state index contributed by atoms with van der Waals surface area (Å²) in [7, 11) is 0. The van der Waals surface area contributed by atoms with Crippen LogP contribution in [0.3, 0.4) is 0 Å². The number of carbonyl (C=O) groups excluding carboxylic acids is 1. The Kier molecular flexibility index (Phi) is 7.31. The van der Waals surface area contributed by atoms with Gasteiger partial charge >= 0.3 is 0 Å². The number of hydrogen-bond acceptors (Lipinski definition) is 8. The number of aryl methyl sites for hydroxylation is 1. The van der Waals surface area contributed by atoms with Crippen molar-refractivity contribution in [3.05, 3.63) is 47.8 Å². The summed E-state index contributed by atoms with van der Waals surface area (Å²) in [4.78, 5) is 22.0. The highest BCUT2D eigenvalue weighted by molar-refractivity contribution is 5.98. The minimum Gasteiger partial charge on any atom is -0.365 e. The normalized spacial score (nSPS) is 12.9. The molecule has 0 spiro atoms. The molecule has 0 aromatic carbocycles. The van der Waals surface area contributed by atoms with Crippen molar-refractivity contribution >= 4 is 23.2 Å². The highest BCUT2D eigenvalue weighted by atomic mass is 19.1. The molecule has 1 amide bonds. The molecule has 0 saturated carbocycles. The van der Waals surface area contributed by atoms with Crippen LogP contribution in [0.5, 0.6) is 0 Å². The maximum absolute atomic E-state index is 14.7. The number of rotatable bonds is 10. The number of amides is 1. The first-order chi connectivity index (χ1) is 15.3. The molecule has 0 aliphatic heterocycles. The molecule has 6 N–H and O–H groups in total. The molecule has 10 nitrogen and oxygen atoms in total. The van der Waals surface area contributed by atoms with E-state index in [9.17, 15) is 9.18 Å². The number of unbranched alkanes of at least 4 members (excludes halogenated alkanes) is 1. The Hall–Kier alpha value is -3.60. The van der Waals surface area contributed by atoms with Gasteiger partial charge in [0.2, 0.25) is 0 Å². The van der Waals surface area contributed by atoms with Gasteiger partial charge < -0.3 is 22.1 Å². The number of pyridine rings is 2. The Labute approximate surface area is 185 Å². The molecule has 3 rings (SSSR count). The van der Waals surface area contributed by atoms with E-state index >= 15 is 0 Å². The molecule has 0 radical (unpaired) electrons. The second-order valence-corrected chi connectivity index (χ2v) is 7.60. The zero-order valence-electron chi connectivity index (χ0n) is 18.3. The van der Waals surface area contributed by atoms with Gasteiger partial charge in [0, 0.05) is 12.1 Å². The summed E-state index contributed by atoms with van der Waals surface area (Å²) in [6.07, 6.45) is 7.36. The molecule has 0 unspecified atom stereocenters. The van der Waals surface area contributed by atoms with Crippen molar-refractivity contribution in [2.45, 2.75) is 52.1 Å². The number of hydrogen-bond donors (Lipinski definition) is 4. The first kappa shape index (κ1) is 23.1. The number of anilines is 3. The van der Waals surface area contributed by atoms with Crippen LogP contribution in [0.2, 0.25) is 0 Å². The highest BCUT2D eigenvalue weighted by Gasteiger charge is 2.20. The average Bonchev–Trinajstić information content (AvgIpc) is 3.28. The molecule has 3 aromatic rings. The van der Waals surface area contributed by atoms with Crippen molar-refractivity contribution < 1.29 is 9.18 Å². The fourth-order valence-electron chi connectivity index (χ4n) is 3.21. The fourth-order valence-corrected chi connectivity index (χ4v) is 3.21. The van der Waals surface area contributed by atoms with Crippen LogP contribution >= 0.6 is 0 Å². The van der Waals surface area contributed by atoms with E-state index in [2.05, 4.69) is 37.7 Å². The molecule has 2 atom stereocenters. The van der Waals surface area contributed by atoms with E-state index in [1.165, 1.54) is 4.80 Å². The summed E-state index contributed by atoms with van der Waals surface area (Å²) >= 11 is 0. The molecule has 0 saturated heterocycles. The van der Waals surface area contributed by atoms with Gasteiger partial charge in [-0.1, -0.05) is 19.8 Å². The molecule has 0 aliphatic rings. The average molecular weight is 442 g/mol. The van der Waals surface area contributed by atoms with Crippen molar-refractivity contribution in [2.75, 3.05) is 10.6 Å². The second kappa shape index (κ2) is 10.1. The summed E-state index contributed by atoms with van der Waals surface area (Å²) in [5.41, 5.74) is 13.3. The lowest BCUT2D eigenvalue weighted by Gasteiger charge is -2.23. The van der Waals surface area contributed by atoms with E-state index in [1.807, 2.05) is 13.8 Å². The van der Waals surface area contributed by atoms with Gasteiger partial charge in [0.1, 0.15) is 11.5 Å². The predicted molar refractivity (Wildman–Crippen MR) is 120 cm³/mol. The Morgan fingerprint density at radius 1 is 1.25 bits per heavy atom. The van der Waals surface area contributed by atoms with E-state index in [0.717, 1.165) is 25.3 Å². The lowest BCUT2D eigenvalue weighted by atomic mass is 10.0. The summed E-state index contributed by atoms with van der Waals surface area (Å²) < 4.78 is 14.7. The van der Waals surface area contributed by atoms with Crippen molar-refractivity contribution in [1.29, 1.82) is 0 Å². The van der Waals surface area contributed by atoms with Crippen LogP contribution in [0, 0.1) is 12.7 Å². The number of nitrogens with one attached hydrogen (secondary N) is 2. The Bertz CT molecular complexity index is 1070. The molecule has 0 bridgehead atoms. The Morgan fingerprint density at radius 2 is 1.97 bits per heavy atom. The topological polar surface area (TPSA) is 150 Å². The molecule has 3 heterocycles. The fraction of sp³-hybridized carbons (Fsp3) is 0.381. The highest BCUT2D eigenvalue weighted by Crippen LogP contribution is 2.26. The van der Waals surface area contributed by atoms with Crippen LogP contribution in [0.15, 0.2) is 30.7 Å². The van der Waals surface area contributed by atoms with Gasteiger partial charge in [-0.25, -0.2) is 9.37 Å². The van der Waals surface area contributed by atoms with Crippen LogP contribution in [-0.4, -0.2) is 43.0 Å². The van der Waals surface area contributed by atoms with Crippen molar-refractivity contribution in [1.82, 2.24) is 25.0 Å². The van der Waals surface area contributed by atoms with E-state index in [-0.39, 0.29) is 29.3 Å². The molecule has 11 heteroatoms. The molecule has 3 aromatic heterocycles. The smallest absolute Gasteiger partial charge is 0.252 e. The van der Waals surface area contributed by atoms with Crippen LogP contribution in [0.1, 0.15) is 49.2 Å². The van der Waals surface area contributed by atoms with Gasteiger partial charge in [-0.15, -0.1) is 4.80 Å². The molecular weight excluding hydrogens is 413 g/mol. The number of primary amides is 1. The van der Waals surface area contributed by atoms with Gasteiger partial charge in [0.05, 0.1) is 35.5 Å². The number of aromatic nitrogens is 5. The quantitative estimate of drug-likeness (QED) is 0.375. The number of nitrogens with zero attached hydrogens (tertiary/aromatic N) is 5. The zero-order chi connectivity index (χ0) is 23.3. The van der Waals surface area contributed by atoms with E-state index in [4.69, 9.17) is 11.5 Å². The molecule has 0 fully saturated rings. The maximum atomic E-state index is 14.7. The zero-order valence-corrected chi connectivity index (χ0v) is 18.3. The van der Waals surface area contributed by atoms with E-state index in [0.29, 0.717) is 17.1 Å². The van der Waals surface area contributed by atoms with E-state index in [1.54, 1.807) is 24.7 Å². The third kappa shape index (κ3) is 5.35. The lowest BCUT2D eigenvalue weighted by molar-refractivity contribution is 0.100. The predicted octanol–water partition coefficient (Wildman–Crippen LogP) is 2.67. The summed E-state index contributed by atoms with van der Waals surface area (Å²) in [5.74, 6) is -1.40. The molecular formula is C21H28FN9O. The van der Waals surface area contributed by atoms with Crippen LogP contribution < -0.4 is 22.1 Å². The number of halogens is 1. The summed E-state index contributed by atoms with van der Waals surface area (Å²) in [6.45, 7) is 5.74. The third-order valence-corrected chi connectivity index (χ3v) is 5.02. The van der Waals surface area contributed by atoms with Crippen molar-refractivity contribution in [3.63, 3.8) is 0 Å². The van der Waals surface area contributed by atoms with Crippen molar-refractivity contribution in [2.24, 2.45) is 11.5 Å². The van der Waals surface area contributed by atoms with Gasteiger partial charge in [-0.3, -0.25) is 9.78 Å². The summed E-state index contributed by atoms with van der Waals surface area (Å²) in [5, 5.41) is 14.3.